The molecule has 0 aromatic rings. The minimum atomic E-state index is -2.86. The maximum absolute atomic E-state index is 6.63. The third-order valence-electron chi connectivity index (χ3n) is 3.33. The van der Waals surface area contributed by atoms with Crippen molar-refractivity contribution in [3.63, 3.8) is 0 Å². The molecule has 0 rings (SSSR count). The summed E-state index contributed by atoms with van der Waals surface area (Å²) in [6.07, 6.45) is -5.73. The molecule has 0 unspecified atom stereocenters. The Morgan fingerprint density at radius 3 is 0.950 bits per heavy atom. The molecule has 0 fully saturated rings. The maximum atomic E-state index is 6.63. The minimum absolute atomic E-state index is 0.780. The summed E-state index contributed by atoms with van der Waals surface area (Å²) >= 11 is 26.5. The maximum Gasteiger partial charge on any atom is 0.350 e. The van der Waals surface area contributed by atoms with Crippen LogP contribution in [0.15, 0.2) is 0 Å². The first-order valence-corrected chi connectivity index (χ1v) is 28.6. The summed E-state index contributed by atoms with van der Waals surface area (Å²) in [5.41, 5.74) is 0. The van der Waals surface area contributed by atoms with E-state index in [4.69, 9.17) is 44.3 Å². The molecule has 0 bridgehead atoms. The lowest BCUT2D eigenvalue weighted by Crippen LogP contribution is -2.75. The Bertz CT molecular complexity index is 298. The van der Waals surface area contributed by atoms with Gasteiger partial charge in [-0.2, -0.15) is 0 Å². The third kappa shape index (κ3) is 6.87. The normalized spacial score (nSPS) is 15.3. The van der Waals surface area contributed by atoms with E-state index in [0.29, 0.717) is 0 Å². The second kappa shape index (κ2) is 7.51. The van der Waals surface area contributed by atoms with Crippen LogP contribution in [0.25, 0.3) is 0 Å². The van der Waals surface area contributed by atoms with Gasteiger partial charge in [-0.25, -0.2) is 0 Å². The topological polar surface area (TPSA) is 24.1 Å². The number of rotatable bonds is 7. The fraction of sp³-hybridized carbons (Fsp3) is 1.00. The minimum Gasteiger partial charge on any atom is -0.338 e. The Balaban J connectivity index is 4.99. The van der Waals surface area contributed by atoms with Crippen LogP contribution >= 0.6 is 44.3 Å². The SMILES string of the molecule is C[Si](N[Si](Cl)(Cl)[Si](Cl)(Cl)N[Si](C)[Si](C)(C)C)[Si](C)(C)C. The molecule has 0 aromatic carbocycles. The number of nitrogens with one attached hydrogen (secondary N) is 2. The van der Waals surface area contributed by atoms with Crippen LogP contribution in [0.4, 0.5) is 0 Å². The van der Waals surface area contributed by atoms with Gasteiger partial charge in [-0.1, -0.05) is 52.4 Å². The van der Waals surface area contributed by atoms with Crippen LogP contribution in [-0.2, 0) is 0 Å². The van der Waals surface area contributed by atoms with E-state index in [1.54, 1.807) is 0 Å². The van der Waals surface area contributed by atoms with Crippen molar-refractivity contribution >= 4 is 89.2 Å². The highest BCUT2D eigenvalue weighted by Gasteiger charge is 2.57. The largest absolute Gasteiger partial charge is 0.350 e. The van der Waals surface area contributed by atoms with Crippen LogP contribution < -0.4 is 9.30 Å². The molecule has 0 aromatic heterocycles. The Morgan fingerprint density at radius 1 is 0.600 bits per heavy atom. The lowest BCUT2D eigenvalue weighted by molar-refractivity contribution is 1.48. The first-order chi connectivity index (χ1) is 8.51. The van der Waals surface area contributed by atoms with Crippen molar-refractivity contribution in [2.75, 3.05) is 0 Å². The summed E-state index contributed by atoms with van der Waals surface area (Å²) in [5.74, 6) is 0. The van der Waals surface area contributed by atoms with E-state index in [-0.39, 0.29) is 0 Å². The van der Waals surface area contributed by atoms with E-state index in [1.807, 2.05) is 0 Å². The van der Waals surface area contributed by atoms with Crippen molar-refractivity contribution in [2.45, 2.75) is 52.4 Å². The van der Waals surface area contributed by atoms with E-state index in [1.165, 1.54) is 0 Å². The van der Waals surface area contributed by atoms with Gasteiger partial charge in [-0.15, -0.1) is 44.3 Å². The van der Waals surface area contributed by atoms with Crippen LogP contribution in [0.3, 0.4) is 0 Å². The van der Waals surface area contributed by atoms with Crippen molar-refractivity contribution in [3.8, 4) is 0 Å². The van der Waals surface area contributed by atoms with E-state index < -0.39 is 44.9 Å². The summed E-state index contributed by atoms with van der Waals surface area (Å²) in [7, 11) is -4.11. The van der Waals surface area contributed by atoms with E-state index in [9.17, 15) is 0 Å². The number of halogens is 4. The molecule has 0 atom stereocenters. The summed E-state index contributed by atoms with van der Waals surface area (Å²) in [6, 6.07) is 0. The molecule has 0 amide bonds. The van der Waals surface area contributed by atoms with E-state index in [0.717, 1.165) is 0 Å². The average Bonchev–Trinajstić information content (AvgIpc) is 2.12. The molecule has 2 nitrogen and oxygen atoms in total. The van der Waals surface area contributed by atoms with Gasteiger partial charge < -0.3 is 9.30 Å². The molecule has 0 aliphatic heterocycles. The second-order valence-electron chi connectivity index (χ2n) is 7.15. The zero-order valence-corrected chi connectivity index (χ0v) is 22.5. The number of hydrogen-bond donors (Lipinski definition) is 2. The quantitative estimate of drug-likeness (QED) is 0.441. The first kappa shape index (κ1) is 22.4. The Labute approximate surface area is 150 Å². The zero-order chi connectivity index (χ0) is 16.6. The summed E-state index contributed by atoms with van der Waals surface area (Å²) in [4.78, 5) is 0. The van der Waals surface area contributed by atoms with Gasteiger partial charge in [0.2, 0.25) is 0 Å². The Kier molecular flexibility index (Phi) is 8.41. The molecule has 120 valence electrons. The molecule has 0 aliphatic carbocycles. The van der Waals surface area contributed by atoms with Crippen molar-refractivity contribution < 1.29 is 0 Å². The summed E-state index contributed by atoms with van der Waals surface area (Å²) in [5, 5.41) is 0. The van der Waals surface area contributed by atoms with E-state index >= 15 is 0 Å². The molecule has 0 saturated carbocycles. The van der Waals surface area contributed by atoms with Gasteiger partial charge in [0.15, 0.2) is 0 Å². The van der Waals surface area contributed by atoms with Crippen LogP contribution in [-0.4, -0.2) is 44.9 Å². The van der Waals surface area contributed by atoms with Gasteiger partial charge in [-0.05, 0) is 0 Å². The molecular weight excluding hydrogens is 434 g/mol. The van der Waals surface area contributed by atoms with Gasteiger partial charge in [0, 0.05) is 0 Å². The highest BCUT2D eigenvalue weighted by molar-refractivity contribution is 7.93. The summed E-state index contributed by atoms with van der Waals surface area (Å²) in [6.45, 7) is 18.4. The Hall–Kier alpha value is 2.38. The molecule has 0 heterocycles. The van der Waals surface area contributed by atoms with Crippen LogP contribution in [0.1, 0.15) is 0 Å². The van der Waals surface area contributed by atoms with Gasteiger partial charge in [0.05, 0.1) is 15.2 Å². The molecule has 20 heavy (non-hydrogen) atoms. The second-order valence-corrected chi connectivity index (χ2v) is 52.7. The molecule has 12 heteroatoms. The van der Waals surface area contributed by atoms with Crippen molar-refractivity contribution in [1.29, 1.82) is 0 Å². The lowest BCUT2D eigenvalue weighted by Gasteiger charge is -2.38. The first-order valence-electron chi connectivity index (χ1n) is 6.51. The standard InChI is InChI=1S/C8H26Cl4N2Si6/c1-15(17(3,4)5)13-19(9,10)20(11,12)14-16(2)18(6,7)8/h13-14H,1-8H3. The van der Waals surface area contributed by atoms with Crippen molar-refractivity contribution in [3.05, 3.63) is 0 Å². The van der Waals surface area contributed by atoms with Gasteiger partial charge in [0.25, 0.3) is 0 Å². The fourth-order valence-electron chi connectivity index (χ4n) is 1.00. The monoisotopic (exact) mass is 458 g/mol. The fourth-order valence-corrected chi connectivity index (χ4v) is 40.7. The van der Waals surface area contributed by atoms with E-state index in [2.05, 4.69) is 61.7 Å². The molecule has 0 spiro atoms. The zero-order valence-electron chi connectivity index (χ0n) is 13.5. The van der Waals surface area contributed by atoms with Crippen molar-refractivity contribution in [2.24, 2.45) is 0 Å². The molecule has 2 radical (unpaired) electrons. The Morgan fingerprint density at radius 2 is 0.800 bits per heavy atom. The predicted molar refractivity (Wildman–Crippen MR) is 111 cm³/mol. The van der Waals surface area contributed by atoms with Crippen LogP contribution in [0, 0.1) is 0 Å². The van der Waals surface area contributed by atoms with Crippen LogP contribution in [0.5, 0.6) is 0 Å². The highest BCUT2D eigenvalue weighted by atomic mass is 35.8. The predicted octanol–water partition coefficient (Wildman–Crippen LogP) is 4.15. The average molecular weight is 461 g/mol. The molecule has 0 saturated heterocycles. The van der Waals surface area contributed by atoms with Gasteiger partial charge in [0.1, 0.15) is 17.0 Å². The van der Waals surface area contributed by atoms with Crippen molar-refractivity contribution in [1.82, 2.24) is 9.30 Å². The highest BCUT2D eigenvalue weighted by Crippen LogP contribution is 2.31. The van der Waals surface area contributed by atoms with Gasteiger partial charge >= 0.3 is 12.7 Å². The molecular formula is C8H26Cl4N2Si6. The molecule has 2 N–H and O–H groups in total. The third-order valence-corrected chi connectivity index (χ3v) is 51.6. The number of hydrogen-bond acceptors (Lipinski definition) is 2. The van der Waals surface area contributed by atoms with Crippen LogP contribution in [0.2, 0.25) is 52.4 Å². The van der Waals surface area contributed by atoms with Gasteiger partial charge in [-0.3, -0.25) is 0 Å². The molecule has 0 aliphatic rings. The smallest absolute Gasteiger partial charge is 0.338 e. The lowest BCUT2D eigenvalue weighted by atomic mass is 11.8. The summed E-state index contributed by atoms with van der Waals surface area (Å²) < 4.78 is 6.99.